The molecule has 0 fully saturated rings. The number of phenolic OH excluding ortho intramolecular Hbond substituents is 1. The molecule has 3 N–H and O–H groups in total. The van der Waals surface area contributed by atoms with E-state index in [-0.39, 0.29) is 13.4 Å². The van der Waals surface area contributed by atoms with Crippen LogP contribution in [0.2, 0.25) is 0 Å². The van der Waals surface area contributed by atoms with Gasteiger partial charge >= 0.3 is 12.1 Å². The fourth-order valence-electron chi connectivity index (χ4n) is 1.24. The van der Waals surface area contributed by atoms with E-state index < -0.39 is 29.5 Å². The highest BCUT2D eigenvalue weighted by atomic mass is 79.9. The number of phenols is 1. The minimum absolute atomic E-state index is 0.0968. The summed E-state index contributed by atoms with van der Waals surface area (Å²) >= 11 is 8.50. The molecule has 1 aromatic carbocycles. The summed E-state index contributed by atoms with van der Waals surface area (Å²) < 4.78 is 62.9. The third-order valence-corrected chi connectivity index (χ3v) is 4.32. The average molecular weight is 478 g/mol. The highest BCUT2D eigenvalue weighted by molar-refractivity contribution is 9.11. The van der Waals surface area contributed by atoms with Gasteiger partial charge in [0.1, 0.15) is 11.8 Å². The van der Waals surface area contributed by atoms with E-state index in [9.17, 15) is 27.1 Å². The van der Waals surface area contributed by atoms with Crippen LogP contribution in [0.25, 0.3) is 0 Å². The molecule has 0 radical (unpaired) electrons. The first-order valence-electron chi connectivity index (χ1n) is 4.47. The smallest absolute Gasteiger partial charge is 0.455 e. The summed E-state index contributed by atoms with van der Waals surface area (Å²) in [5, 5.41) is 9.53. The fraction of sp³-hybridized carbons (Fsp3) is 0.333. The van der Waals surface area contributed by atoms with Crippen molar-refractivity contribution in [1.29, 1.82) is 0 Å². The molecule has 0 aromatic heterocycles. The molecule has 0 aliphatic rings. The van der Waals surface area contributed by atoms with Crippen molar-refractivity contribution in [2.45, 2.75) is 18.1 Å². The van der Waals surface area contributed by atoms with E-state index >= 15 is 0 Å². The van der Waals surface area contributed by atoms with E-state index in [4.69, 9.17) is 5.73 Å². The van der Waals surface area contributed by atoms with Crippen molar-refractivity contribution in [3.63, 3.8) is 0 Å². The number of halogens is 8. The van der Waals surface area contributed by atoms with Gasteiger partial charge in [-0.05, 0) is 37.9 Å². The number of benzene rings is 1. The van der Waals surface area contributed by atoms with E-state index in [1.165, 1.54) is 0 Å². The van der Waals surface area contributed by atoms with Crippen LogP contribution in [-0.4, -0.2) is 17.2 Å². The van der Waals surface area contributed by atoms with Crippen LogP contribution < -0.4 is 5.73 Å². The van der Waals surface area contributed by atoms with Crippen molar-refractivity contribution in [3.8, 4) is 5.75 Å². The lowest BCUT2D eigenvalue weighted by Gasteiger charge is -2.27. The summed E-state index contributed by atoms with van der Waals surface area (Å²) in [4.78, 5) is 0. The largest absolute Gasteiger partial charge is 0.506 e. The van der Waals surface area contributed by atoms with Crippen molar-refractivity contribution in [2.75, 3.05) is 0 Å². The van der Waals surface area contributed by atoms with Gasteiger partial charge in [-0.25, -0.2) is 0 Å². The molecule has 1 atom stereocenters. The van der Waals surface area contributed by atoms with Crippen molar-refractivity contribution in [2.24, 2.45) is 5.73 Å². The van der Waals surface area contributed by atoms with Crippen molar-refractivity contribution < 1.29 is 27.1 Å². The maximum Gasteiger partial charge on any atom is 0.455 e. The Labute approximate surface area is 129 Å². The number of hydrogen-bond donors (Lipinski definition) is 2. The standard InChI is InChI=1S/C9H5Br3F5NO/c10-2-1-3(11)6(19)5(12)4(2)7(18)8(13,14)9(15,16)17/h1,7,19H,18H2/t7-/m0/s1. The van der Waals surface area contributed by atoms with E-state index in [1.807, 2.05) is 0 Å². The lowest BCUT2D eigenvalue weighted by atomic mass is 10.0. The number of hydrogen-bond acceptors (Lipinski definition) is 2. The lowest BCUT2D eigenvalue weighted by molar-refractivity contribution is -0.291. The minimum Gasteiger partial charge on any atom is -0.506 e. The normalized spacial score (nSPS) is 14.6. The first-order chi connectivity index (χ1) is 8.41. The third kappa shape index (κ3) is 3.06. The second kappa shape index (κ2) is 5.45. The van der Waals surface area contributed by atoms with Crippen LogP contribution in [-0.2, 0) is 0 Å². The van der Waals surface area contributed by atoms with Crippen LogP contribution in [0.4, 0.5) is 22.0 Å². The van der Waals surface area contributed by atoms with E-state index in [1.54, 1.807) is 0 Å². The van der Waals surface area contributed by atoms with Gasteiger partial charge in [-0.1, -0.05) is 15.9 Å². The van der Waals surface area contributed by atoms with Gasteiger partial charge in [-0.3, -0.25) is 0 Å². The Kier molecular flexibility index (Phi) is 4.92. The highest BCUT2D eigenvalue weighted by Gasteiger charge is 2.62. The molecule has 2 nitrogen and oxygen atoms in total. The molecule has 1 rings (SSSR count). The first kappa shape index (κ1) is 17.1. The third-order valence-electron chi connectivity index (χ3n) is 2.26. The molecule has 0 aliphatic heterocycles. The summed E-state index contributed by atoms with van der Waals surface area (Å²) in [6.07, 6.45) is -5.80. The number of aromatic hydroxyl groups is 1. The Bertz CT molecular complexity index is 506. The van der Waals surface area contributed by atoms with Crippen LogP contribution in [0.3, 0.4) is 0 Å². The van der Waals surface area contributed by atoms with Gasteiger partial charge in [0.2, 0.25) is 0 Å². The minimum atomic E-state index is -5.80. The van der Waals surface area contributed by atoms with E-state index in [0.717, 1.165) is 6.07 Å². The lowest BCUT2D eigenvalue weighted by Crippen LogP contribution is -2.46. The maximum absolute atomic E-state index is 13.2. The fourth-order valence-corrected chi connectivity index (χ4v) is 3.85. The second-order valence-corrected chi connectivity index (χ2v) is 6.02. The number of alkyl halides is 5. The van der Waals surface area contributed by atoms with Crippen LogP contribution in [0.15, 0.2) is 19.5 Å². The molecule has 0 aliphatic carbocycles. The maximum atomic E-state index is 13.2. The Hall–Kier alpha value is 0.0700. The molecule has 0 amide bonds. The first-order valence-corrected chi connectivity index (χ1v) is 6.85. The molecule has 108 valence electrons. The van der Waals surface area contributed by atoms with Crippen molar-refractivity contribution >= 4 is 47.8 Å². The quantitative estimate of drug-likeness (QED) is 0.597. The van der Waals surface area contributed by atoms with Gasteiger partial charge in [-0.2, -0.15) is 22.0 Å². The topological polar surface area (TPSA) is 46.2 Å². The van der Waals surface area contributed by atoms with Crippen molar-refractivity contribution in [3.05, 3.63) is 25.0 Å². The monoisotopic (exact) mass is 475 g/mol. The molecule has 0 saturated carbocycles. The molecule has 0 heterocycles. The van der Waals surface area contributed by atoms with Crippen LogP contribution in [0.5, 0.6) is 5.75 Å². The molecular weight excluding hydrogens is 473 g/mol. The summed E-state index contributed by atoms with van der Waals surface area (Å²) in [7, 11) is 0. The average Bonchev–Trinajstić information content (AvgIpc) is 2.24. The molecule has 19 heavy (non-hydrogen) atoms. The molecular formula is C9H5Br3F5NO. The van der Waals surface area contributed by atoms with E-state index in [2.05, 4.69) is 47.8 Å². The van der Waals surface area contributed by atoms with E-state index in [0.29, 0.717) is 0 Å². The Balaban J connectivity index is 3.44. The van der Waals surface area contributed by atoms with Gasteiger partial charge in [-0.15, -0.1) is 0 Å². The summed E-state index contributed by atoms with van der Waals surface area (Å²) in [6.45, 7) is 0. The zero-order valence-electron chi connectivity index (χ0n) is 8.70. The predicted octanol–water partition coefficient (Wildman–Crippen LogP) is 4.88. The van der Waals surface area contributed by atoms with Crippen LogP contribution in [0.1, 0.15) is 11.6 Å². The molecule has 0 unspecified atom stereocenters. The molecule has 10 heteroatoms. The number of nitrogens with two attached hydrogens (primary N) is 1. The summed E-state index contributed by atoms with van der Waals surface area (Å²) in [5.41, 5.74) is 4.44. The van der Waals surface area contributed by atoms with Gasteiger partial charge in [0.15, 0.2) is 0 Å². The number of rotatable bonds is 2. The van der Waals surface area contributed by atoms with Gasteiger partial charge in [0.25, 0.3) is 0 Å². The van der Waals surface area contributed by atoms with Crippen LogP contribution >= 0.6 is 47.8 Å². The molecule has 0 bridgehead atoms. The summed E-state index contributed by atoms with van der Waals surface area (Å²) in [6, 6.07) is -1.54. The SMILES string of the molecule is N[C@@H](c1c(Br)cc(Br)c(O)c1Br)C(F)(F)C(F)(F)F. The Morgan fingerprint density at radius 1 is 1.05 bits per heavy atom. The van der Waals surface area contributed by atoms with Crippen molar-refractivity contribution in [1.82, 2.24) is 0 Å². The summed E-state index contributed by atoms with van der Waals surface area (Å²) in [5.74, 6) is -5.66. The molecule has 0 saturated heterocycles. The Morgan fingerprint density at radius 2 is 1.53 bits per heavy atom. The molecule has 0 spiro atoms. The van der Waals surface area contributed by atoms with Crippen LogP contribution in [0, 0.1) is 0 Å². The zero-order chi connectivity index (χ0) is 15.2. The van der Waals surface area contributed by atoms with Gasteiger partial charge in [0, 0.05) is 10.0 Å². The van der Waals surface area contributed by atoms with Gasteiger partial charge < -0.3 is 10.8 Å². The van der Waals surface area contributed by atoms with Gasteiger partial charge in [0.05, 0.1) is 8.95 Å². The Morgan fingerprint density at radius 3 is 1.95 bits per heavy atom. The highest BCUT2D eigenvalue weighted by Crippen LogP contribution is 2.49. The molecule has 1 aromatic rings. The zero-order valence-corrected chi connectivity index (χ0v) is 13.5. The predicted molar refractivity (Wildman–Crippen MR) is 69.1 cm³/mol. The second-order valence-electron chi connectivity index (χ2n) is 3.51.